The van der Waals surface area contributed by atoms with Crippen molar-refractivity contribution in [3.63, 3.8) is 0 Å². The Morgan fingerprint density at radius 1 is 1.29 bits per heavy atom. The first-order chi connectivity index (χ1) is 10.1. The number of hydrogen-bond donors (Lipinski definition) is 1. The van der Waals surface area contributed by atoms with Gasteiger partial charge in [0.15, 0.2) is 0 Å². The predicted octanol–water partition coefficient (Wildman–Crippen LogP) is 2.10. The van der Waals surface area contributed by atoms with Crippen LogP contribution in [0.15, 0.2) is 24.3 Å². The number of hydrogen-bond acceptors (Lipinski definition) is 5. The first-order valence-electron chi connectivity index (χ1n) is 6.82. The highest BCUT2D eigenvalue weighted by Gasteiger charge is 2.43. The van der Waals surface area contributed by atoms with Crippen molar-refractivity contribution in [2.45, 2.75) is 25.4 Å². The molecule has 0 spiro atoms. The normalized spacial score (nSPS) is 24.6. The molecule has 3 atom stereocenters. The van der Waals surface area contributed by atoms with E-state index in [9.17, 15) is 9.59 Å². The van der Waals surface area contributed by atoms with Gasteiger partial charge < -0.3 is 9.47 Å². The molecule has 1 aromatic rings. The minimum absolute atomic E-state index is 0.287. The Labute approximate surface area is 128 Å². The number of benzene rings is 1. The summed E-state index contributed by atoms with van der Waals surface area (Å²) in [4.78, 5) is 23.8. The number of esters is 2. The zero-order valence-corrected chi connectivity index (χ0v) is 12.7. The van der Waals surface area contributed by atoms with Gasteiger partial charge in [-0.3, -0.25) is 14.9 Å². The maximum absolute atomic E-state index is 12.1. The highest BCUT2D eigenvalue weighted by molar-refractivity contribution is 6.30. The van der Waals surface area contributed by atoms with Crippen LogP contribution in [-0.4, -0.2) is 31.7 Å². The van der Waals surface area contributed by atoms with Crippen LogP contribution in [0.3, 0.4) is 0 Å². The zero-order chi connectivity index (χ0) is 15.4. The smallest absolute Gasteiger partial charge is 0.322 e. The molecule has 1 fully saturated rings. The fourth-order valence-corrected chi connectivity index (χ4v) is 2.70. The number of carbonyl (C=O) groups is 2. The average molecular weight is 312 g/mol. The summed E-state index contributed by atoms with van der Waals surface area (Å²) in [5, 5.41) is 3.77. The summed E-state index contributed by atoms with van der Waals surface area (Å²) in [6.45, 7) is 2.07. The summed E-state index contributed by atoms with van der Waals surface area (Å²) in [5.41, 5.74) is 0.892. The molecule has 5 nitrogen and oxygen atoms in total. The van der Waals surface area contributed by atoms with Crippen molar-refractivity contribution < 1.29 is 19.1 Å². The molecule has 114 valence electrons. The minimum Gasteiger partial charge on any atom is -0.468 e. The van der Waals surface area contributed by atoms with Gasteiger partial charge >= 0.3 is 11.9 Å². The van der Waals surface area contributed by atoms with Gasteiger partial charge in [-0.1, -0.05) is 23.7 Å². The van der Waals surface area contributed by atoms with Crippen LogP contribution < -0.4 is 5.32 Å². The number of halogens is 1. The topological polar surface area (TPSA) is 64.6 Å². The summed E-state index contributed by atoms with van der Waals surface area (Å²) < 4.78 is 9.86. The summed E-state index contributed by atoms with van der Waals surface area (Å²) in [6, 6.07) is 6.39. The molecule has 6 heteroatoms. The second kappa shape index (κ2) is 6.91. The van der Waals surface area contributed by atoms with Gasteiger partial charge in [0.2, 0.25) is 0 Å². The molecule has 1 aliphatic heterocycles. The van der Waals surface area contributed by atoms with Gasteiger partial charge in [0.1, 0.15) is 6.04 Å². The van der Waals surface area contributed by atoms with Crippen LogP contribution in [0.5, 0.6) is 0 Å². The predicted molar refractivity (Wildman–Crippen MR) is 77.9 cm³/mol. The highest BCUT2D eigenvalue weighted by atomic mass is 35.5. The van der Waals surface area contributed by atoms with Crippen LogP contribution in [0.4, 0.5) is 0 Å². The standard InChI is InChI=1S/C15H18ClNO4/c1-3-21-14(18)11-8-12(15(19)20-2)17-13(11)9-4-6-10(16)7-5-9/h4-7,11-13,17H,3,8H2,1-2H3/t11-,12-,13-/m0/s1. The van der Waals surface area contributed by atoms with Crippen LogP contribution in [0.2, 0.25) is 5.02 Å². The third kappa shape index (κ3) is 3.54. The van der Waals surface area contributed by atoms with Crippen molar-refractivity contribution in [3.8, 4) is 0 Å². The molecule has 0 bridgehead atoms. The molecule has 0 unspecified atom stereocenters. The quantitative estimate of drug-likeness (QED) is 0.863. The third-order valence-electron chi connectivity index (χ3n) is 3.58. The van der Waals surface area contributed by atoms with Crippen molar-refractivity contribution in [3.05, 3.63) is 34.9 Å². The zero-order valence-electron chi connectivity index (χ0n) is 12.0. The van der Waals surface area contributed by atoms with Gasteiger partial charge in [-0.05, 0) is 31.0 Å². The monoisotopic (exact) mass is 311 g/mol. The first kappa shape index (κ1) is 15.8. The van der Waals surface area contributed by atoms with Gasteiger partial charge in [-0.15, -0.1) is 0 Å². The molecule has 2 rings (SSSR count). The molecule has 0 amide bonds. The van der Waals surface area contributed by atoms with Crippen LogP contribution >= 0.6 is 11.6 Å². The molecular weight excluding hydrogens is 294 g/mol. The highest BCUT2D eigenvalue weighted by Crippen LogP contribution is 2.34. The SMILES string of the molecule is CCOC(=O)[C@H]1C[C@@H](C(=O)OC)N[C@H]1c1ccc(Cl)cc1. The number of rotatable bonds is 4. The summed E-state index contributed by atoms with van der Waals surface area (Å²) in [6.07, 6.45) is 0.360. The first-order valence-corrected chi connectivity index (χ1v) is 7.20. The number of ether oxygens (including phenoxy) is 2. The molecule has 21 heavy (non-hydrogen) atoms. The number of methoxy groups -OCH3 is 1. The summed E-state index contributed by atoms with van der Waals surface area (Å²) >= 11 is 5.88. The van der Waals surface area contributed by atoms with Gasteiger partial charge in [0, 0.05) is 11.1 Å². The van der Waals surface area contributed by atoms with Crippen LogP contribution in [0.25, 0.3) is 0 Å². The van der Waals surface area contributed by atoms with Gasteiger partial charge in [-0.2, -0.15) is 0 Å². The molecule has 1 aliphatic rings. The Hall–Kier alpha value is -1.59. The molecule has 0 saturated carbocycles. The van der Waals surface area contributed by atoms with E-state index < -0.39 is 12.0 Å². The maximum Gasteiger partial charge on any atom is 0.322 e. The minimum atomic E-state index is -0.509. The van der Waals surface area contributed by atoms with Gasteiger partial charge in [-0.25, -0.2) is 0 Å². The Morgan fingerprint density at radius 3 is 2.52 bits per heavy atom. The fraction of sp³-hybridized carbons (Fsp3) is 0.467. The molecule has 1 N–H and O–H groups in total. The maximum atomic E-state index is 12.1. The Bertz CT molecular complexity index is 517. The van der Waals surface area contributed by atoms with Crippen molar-refractivity contribution in [1.29, 1.82) is 0 Å². The van der Waals surface area contributed by atoms with Crippen molar-refractivity contribution in [1.82, 2.24) is 5.32 Å². The largest absolute Gasteiger partial charge is 0.468 e. The summed E-state index contributed by atoms with van der Waals surface area (Å²) in [7, 11) is 1.33. The number of carbonyl (C=O) groups excluding carboxylic acids is 2. The van der Waals surface area contributed by atoms with Gasteiger partial charge in [0.25, 0.3) is 0 Å². The second-order valence-electron chi connectivity index (χ2n) is 4.87. The van der Waals surface area contributed by atoms with Gasteiger partial charge in [0.05, 0.1) is 19.6 Å². The molecule has 1 saturated heterocycles. The molecule has 0 aliphatic carbocycles. The lowest BCUT2D eigenvalue weighted by atomic mass is 9.93. The van der Waals surface area contributed by atoms with E-state index in [1.54, 1.807) is 19.1 Å². The summed E-state index contributed by atoms with van der Waals surface area (Å²) in [5.74, 6) is -1.10. The van der Waals surface area contributed by atoms with E-state index in [2.05, 4.69) is 5.32 Å². The molecule has 0 radical (unpaired) electrons. The van der Waals surface area contributed by atoms with E-state index in [0.29, 0.717) is 18.1 Å². The Kier molecular flexibility index (Phi) is 5.20. The van der Waals surface area contributed by atoms with Crippen LogP contribution in [-0.2, 0) is 19.1 Å². The third-order valence-corrected chi connectivity index (χ3v) is 3.83. The molecule has 0 aromatic heterocycles. The van der Waals surface area contributed by atoms with Crippen molar-refractivity contribution in [2.75, 3.05) is 13.7 Å². The Balaban J connectivity index is 2.23. The Morgan fingerprint density at radius 2 is 1.95 bits per heavy atom. The number of nitrogens with one attached hydrogen (secondary N) is 1. The fourth-order valence-electron chi connectivity index (χ4n) is 2.58. The van der Waals surface area contributed by atoms with E-state index in [4.69, 9.17) is 21.1 Å². The lowest BCUT2D eigenvalue weighted by molar-refractivity contribution is -0.148. The lowest BCUT2D eigenvalue weighted by Gasteiger charge is -2.18. The van der Waals surface area contributed by atoms with E-state index in [1.807, 2.05) is 12.1 Å². The van der Waals surface area contributed by atoms with E-state index in [-0.39, 0.29) is 18.0 Å². The average Bonchev–Trinajstić information content (AvgIpc) is 2.92. The van der Waals surface area contributed by atoms with E-state index in [1.165, 1.54) is 7.11 Å². The van der Waals surface area contributed by atoms with Crippen LogP contribution in [0, 0.1) is 5.92 Å². The van der Waals surface area contributed by atoms with E-state index >= 15 is 0 Å². The lowest BCUT2D eigenvalue weighted by Crippen LogP contribution is -2.33. The molecule has 1 aromatic carbocycles. The molecule has 1 heterocycles. The second-order valence-corrected chi connectivity index (χ2v) is 5.30. The molecular formula is C15H18ClNO4. The van der Waals surface area contributed by atoms with Crippen molar-refractivity contribution >= 4 is 23.5 Å². The van der Waals surface area contributed by atoms with E-state index in [0.717, 1.165) is 5.56 Å². The van der Waals surface area contributed by atoms with Crippen molar-refractivity contribution in [2.24, 2.45) is 5.92 Å². The van der Waals surface area contributed by atoms with Crippen LogP contribution in [0.1, 0.15) is 24.9 Å².